The molecule has 1 aromatic carbocycles. The van der Waals surface area contributed by atoms with Gasteiger partial charge in [0, 0.05) is 0 Å². The van der Waals surface area contributed by atoms with Gasteiger partial charge in [-0.15, -0.1) is 0 Å². The molecular weight excluding hydrogens is 439 g/mol. The van der Waals surface area contributed by atoms with E-state index in [9.17, 15) is 9.79 Å². The van der Waals surface area contributed by atoms with Crippen molar-refractivity contribution in [3.8, 4) is 0 Å². The molecule has 0 fully saturated rings. The van der Waals surface area contributed by atoms with E-state index >= 15 is 0 Å². The molecule has 0 bridgehead atoms. The predicted molar refractivity (Wildman–Crippen MR) is 106 cm³/mol. The normalized spacial score (nSPS) is 10.9. The molecule has 2 nitrogen and oxygen atoms in total. The van der Waals surface area contributed by atoms with Crippen LogP contribution >= 0.6 is 5.69 Å². The van der Waals surface area contributed by atoms with Crippen molar-refractivity contribution in [3.63, 3.8) is 0 Å². The zero-order valence-electron chi connectivity index (χ0n) is 14.9. The summed E-state index contributed by atoms with van der Waals surface area (Å²) >= 11 is 6.27. The molecule has 0 aromatic heterocycles. The Kier molecular flexibility index (Phi) is 16.6. The molecule has 0 aliphatic heterocycles. The summed E-state index contributed by atoms with van der Waals surface area (Å²) in [5, 5.41) is 0. The van der Waals surface area contributed by atoms with E-state index in [1.165, 1.54) is 51.4 Å². The Hall–Kier alpha value is 0.828. The quantitative estimate of drug-likeness (QED) is 0.208. The molecule has 0 aliphatic carbocycles. The van der Waals surface area contributed by atoms with Crippen LogP contribution in [-0.4, -0.2) is 0 Å². The third kappa shape index (κ3) is 17.6. The van der Waals surface area contributed by atoms with E-state index in [0.29, 0.717) is 0 Å². The second kappa shape index (κ2) is 16.0. The fourth-order valence-corrected chi connectivity index (χ4v) is 8.07. The Morgan fingerprint density at radius 1 is 0.875 bits per heavy atom. The minimum Gasteiger partial charge on any atom is -0.850 e. The summed E-state index contributed by atoms with van der Waals surface area (Å²) in [7, 11) is 0. The zero-order chi connectivity index (χ0) is 18.3. The van der Waals surface area contributed by atoms with E-state index in [4.69, 9.17) is 0 Å². The first-order valence-corrected chi connectivity index (χ1v) is 16.3. The molecule has 0 N–H and O–H groups in total. The Morgan fingerprint density at radius 2 is 1.29 bits per heavy atom. The molecule has 0 amide bonds. The maximum absolute atomic E-state index is 9.29. The SMILES string of the molecule is CCCCC[CH2][Mo+3]([CH2]CCCCC)[c]1ccccc1.[O-]P([O-])(=S)[S-]. The summed E-state index contributed by atoms with van der Waals surface area (Å²) in [6, 6.07) is 11.4. The van der Waals surface area contributed by atoms with Crippen LogP contribution in [0.1, 0.15) is 65.2 Å². The van der Waals surface area contributed by atoms with Crippen molar-refractivity contribution in [3.05, 3.63) is 30.3 Å². The van der Waals surface area contributed by atoms with Crippen LogP contribution in [0.25, 0.3) is 0 Å². The van der Waals surface area contributed by atoms with E-state index in [1.807, 2.05) is 0 Å². The van der Waals surface area contributed by atoms with Crippen molar-refractivity contribution >= 4 is 33.7 Å². The molecule has 0 saturated heterocycles. The van der Waals surface area contributed by atoms with Gasteiger partial charge >= 0.3 is 126 Å². The van der Waals surface area contributed by atoms with E-state index in [1.54, 1.807) is 13.6 Å². The third-order valence-corrected chi connectivity index (χ3v) is 9.71. The molecule has 138 valence electrons. The van der Waals surface area contributed by atoms with Gasteiger partial charge in [-0.1, -0.05) is 0 Å². The second-order valence-corrected chi connectivity index (χ2v) is 15.8. The molecule has 24 heavy (non-hydrogen) atoms. The van der Waals surface area contributed by atoms with Crippen LogP contribution in [0.4, 0.5) is 0 Å². The van der Waals surface area contributed by atoms with E-state index in [2.05, 4.69) is 68.2 Å². The topological polar surface area (TPSA) is 46.1 Å². The summed E-state index contributed by atoms with van der Waals surface area (Å²) in [4.78, 5) is 21.7. The van der Waals surface area contributed by atoms with Crippen molar-refractivity contribution in [2.75, 3.05) is 0 Å². The van der Waals surface area contributed by atoms with E-state index in [-0.39, 0.29) is 0 Å². The maximum Gasteiger partial charge on any atom is -0.160 e. The molecule has 0 aliphatic rings. The first-order chi connectivity index (χ1) is 11.4. The fraction of sp³-hybridized carbons (Fsp3) is 0.667. The van der Waals surface area contributed by atoms with Crippen molar-refractivity contribution in [1.29, 1.82) is 0 Å². The molecule has 1 aromatic rings. The molecule has 0 atom stereocenters. The van der Waals surface area contributed by atoms with Crippen LogP contribution in [0.15, 0.2) is 30.3 Å². The Bertz CT molecular complexity index is 420. The summed E-state index contributed by atoms with van der Waals surface area (Å²) in [6.07, 6.45) is 11.4. The predicted octanol–water partition coefficient (Wildman–Crippen LogP) is 4.41. The maximum atomic E-state index is 9.29. The molecule has 6 heteroatoms. The van der Waals surface area contributed by atoms with Crippen LogP contribution in [0.5, 0.6) is 0 Å². The Labute approximate surface area is 165 Å². The van der Waals surface area contributed by atoms with Crippen LogP contribution in [0.3, 0.4) is 0 Å². The molecule has 0 unspecified atom stereocenters. The van der Waals surface area contributed by atoms with Gasteiger partial charge in [-0.2, -0.15) is 11.8 Å². The van der Waals surface area contributed by atoms with Crippen molar-refractivity contribution in [2.45, 2.75) is 74.8 Å². The summed E-state index contributed by atoms with van der Waals surface area (Å²) < 4.78 is 1.74. The average Bonchev–Trinajstić information content (AvgIpc) is 2.53. The monoisotopic (exact) mass is 472 g/mol. The third-order valence-electron chi connectivity index (χ3n) is 3.57. The minimum absolute atomic E-state index is 1.01. The Morgan fingerprint density at radius 3 is 1.67 bits per heavy atom. The first kappa shape index (κ1) is 24.8. The zero-order valence-corrected chi connectivity index (χ0v) is 19.5. The first-order valence-electron chi connectivity index (χ1n) is 8.84. The van der Waals surface area contributed by atoms with Gasteiger partial charge < -0.3 is 27.7 Å². The van der Waals surface area contributed by atoms with Crippen LogP contribution in [-0.2, 0) is 41.4 Å². The van der Waals surface area contributed by atoms with Crippen LogP contribution in [0.2, 0.25) is 9.62 Å². The standard InChI is InChI=1S/C6H5.2C6H13.Mo.H3O2PS2/c1-2-4-6-5-3-1;2*1-3-5-6-4-2;;1-3(2,4)5/h1-5H;2*1,3-6H2,2H3;;(H3,1,2,4,5)/q;;;+3;/p-3. The number of hydrogen-bond acceptors (Lipinski definition) is 4. The fourth-order valence-electron chi connectivity index (χ4n) is 2.36. The molecule has 1 rings (SSSR count). The van der Waals surface area contributed by atoms with Gasteiger partial charge in [0.15, 0.2) is 0 Å². The Balaban J connectivity index is 0.000000922. The van der Waals surface area contributed by atoms with E-state index < -0.39 is 23.0 Å². The van der Waals surface area contributed by atoms with Gasteiger partial charge in [-0.25, -0.2) is 0 Å². The van der Waals surface area contributed by atoms with Crippen molar-refractivity contribution in [2.24, 2.45) is 0 Å². The van der Waals surface area contributed by atoms with Gasteiger partial charge in [0.2, 0.25) is 0 Å². The molecule has 0 heterocycles. The number of unbranched alkanes of at least 4 members (excludes halogenated alkanes) is 6. The summed E-state index contributed by atoms with van der Waals surface area (Å²) in [5.41, 5.74) is -3.72. The van der Waals surface area contributed by atoms with Crippen LogP contribution in [0, 0.1) is 0 Å². The van der Waals surface area contributed by atoms with Gasteiger partial charge in [0.1, 0.15) is 0 Å². The number of rotatable bonds is 11. The summed E-state index contributed by atoms with van der Waals surface area (Å²) in [6.45, 7) is 4.61. The molecule has 0 saturated carbocycles. The van der Waals surface area contributed by atoms with Gasteiger partial charge in [0.25, 0.3) is 0 Å². The molecule has 0 spiro atoms. The van der Waals surface area contributed by atoms with Gasteiger partial charge in [0.05, 0.1) is 0 Å². The smallest absolute Gasteiger partial charge is 0.160 e. The second-order valence-electron chi connectivity index (χ2n) is 5.78. The molecular formula is C18H31MoO2PS2. The number of hydrogen-bond donors (Lipinski definition) is 0. The van der Waals surface area contributed by atoms with Gasteiger partial charge in [-0.05, 0) is 0 Å². The van der Waals surface area contributed by atoms with Crippen molar-refractivity contribution in [1.82, 2.24) is 0 Å². The minimum atomic E-state index is -3.72. The average molecular weight is 470 g/mol. The number of benzene rings is 1. The largest absolute Gasteiger partial charge is 0.850 e. The summed E-state index contributed by atoms with van der Waals surface area (Å²) in [5.74, 6) is 0. The van der Waals surface area contributed by atoms with Crippen molar-refractivity contribution < 1.29 is 27.1 Å². The van der Waals surface area contributed by atoms with E-state index in [0.717, 1.165) is 0 Å². The molecule has 0 radical (unpaired) electrons. The van der Waals surface area contributed by atoms with Gasteiger partial charge in [-0.3, -0.25) is 0 Å². The van der Waals surface area contributed by atoms with Crippen LogP contribution < -0.4 is 13.7 Å².